The molecule has 0 fully saturated rings. The third-order valence-corrected chi connectivity index (χ3v) is 0.628. The van der Waals surface area contributed by atoms with Crippen molar-refractivity contribution in [1.82, 2.24) is 0 Å². The molecule has 0 amide bonds. The van der Waals surface area contributed by atoms with Crippen LogP contribution in [0.25, 0.3) is 0 Å². The summed E-state index contributed by atoms with van der Waals surface area (Å²) in [5, 5.41) is 8.48. The Hall–Kier alpha value is 0.313. The van der Waals surface area contributed by atoms with Gasteiger partial charge in [0.2, 0.25) is 0 Å². The van der Waals surface area contributed by atoms with Crippen molar-refractivity contribution in [3.8, 4) is 0 Å². The number of rotatable bonds is 2. The van der Waals surface area contributed by atoms with Crippen molar-refractivity contribution < 1.29 is 40.8 Å². The Labute approximate surface area is 73.5 Å². The van der Waals surface area contributed by atoms with Gasteiger partial charge in [-0.1, -0.05) is 0 Å². The van der Waals surface area contributed by atoms with Gasteiger partial charge in [0, 0.05) is 26.2 Å². The van der Waals surface area contributed by atoms with Crippen LogP contribution in [0.15, 0.2) is 0 Å². The fourth-order valence-corrected chi connectivity index (χ4v) is 0.263. The normalized spacial score (nSPS) is 11.4. The van der Waals surface area contributed by atoms with E-state index in [2.05, 4.69) is 4.74 Å². The molecule has 0 rings (SSSR count). The Morgan fingerprint density at radius 1 is 1.78 bits per heavy atom. The minimum Gasteiger partial charge on any atom is -0.464 e. The molecular weight excluding hydrogens is 199 g/mol. The number of ether oxygens (including phenoxy) is 1. The molecule has 0 bridgehead atoms. The first-order valence-corrected chi connectivity index (χ1v) is 2.53. The van der Waals surface area contributed by atoms with Gasteiger partial charge in [0.25, 0.3) is 0 Å². The van der Waals surface area contributed by atoms with Crippen LogP contribution in [0.1, 0.15) is 13.8 Å². The van der Waals surface area contributed by atoms with E-state index in [-0.39, 0.29) is 26.2 Å². The molecule has 0 saturated carbocycles. The average molecular weight is 209 g/mol. The zero-order valence-corrected chi connectivity index (χ0v) is 8.01. The molecule has 52 valence electrons. The van der Waals surface area contributed by atoms with Crippen LogP contribution in [0.4, 0.5) is 0 Å². The monoisotopic (exact) mass is 208 g/mol. The molecule has 0 aromatic heterocycles. The van der Waals surface area contributed by atoms with E-state index in [1.165, 1.54) is 6.92 Å². The second kappa shape index (κ2) is 6.43. The molecule has 0 aromatic carbocycles. The summed E-state index contributed by atoms with van der Waals surface area (Å²) in [6, 6.07) is 0. The molecule has 0 aromatic rings. The Morgan fingerprint density at radius 2 is 2.22 bits per heavy atom. The summed E-state index contributed by atoms with van der Waals surface area (Å²) in [6.07, 6.45) is -0.991. The molecule has 0 heterocycles. The number of hydrogen-bond acceptors (Lipinski definition) is 3. The summed E-state index contributed by atoms with van der Waals surface area (Å²) >= 11 is 0. The second-order valence-corrected chi connectivity index (χ2v) is 1.43. The van der Waals surface area contributed by atoms with Gasteiger partial charge in [-0.05, 0) is 13.8 Å². The molecule has 0 aliphatic carbocycles. The van der Waals surface area contributed by atoms with Crippen molar-refractivity contribution in [2.24, 2.45) is 0 Å². The maximum Gasteiger partial charge on any atom is 0.334 e. The smallest absolute Gasteiger partial charge is 0.334 e. The van der Waals surface area contributed by atoms with Gasteiger partial charge in [0.15, 0.2) is 0 Å². The Morgan fingerprint density at radius 3 is 2.33 bits per heavy atom. The summed E-state index contributed by atoms with van der Waals surface area (Å²) in [5.74, 6) is -0.562. The van der Waals surface area contributed by atoms with Crippen LogP contribution in [-0.4, -0.2) is 23.8 Å². The number of esters is 1. The Bertz CT molecular complexity index is 82.3. The van der Waals surface area contributed by atoms with E-state index < -0.39 is 12.1 Å². The topological polar surface area (TPSA) is 46.5 Å². The maximum absolute atomic E-state index is 10.3. The molecule has 4 heteroatoms. The summed E-state index contributed by atoms with van der Waals surface area (Å²) in [6.45, 7) is 3.39. The molecule has 1 unspecified atom stereocenters. The van der Waals surface area contributed by atoms with Crippen LogP contribution in [0.5, 0.6) is 0 Å². The zero-order valence-electron chi connectivity index (χ0n) is 5.55. The van der Waals surface area contributed by atoms with Crippen molar-refractivity contribution in [2.75, 3.05) is 6.61 Å². The fourth-order valence-electron chi connectivity index (χ4n) is 0.263. The molecule has 0 radical (unpaired) electrons. The quantitative estimate of drug-likeness (QED) is 0.648. The second-order valence-electron chi connectivity index (χ2n) is 1.43. The number of carbonyl (C=O) groups is 1. The minimum atomic E-state index is -0.991. The van der Waals surface area contributed by atoms with Crippen LogP contribution in [0, 0.1) is 0 Å². The third-order valence-electron chi connectivity index (χ3n) is 0.628. The predicted molar refractivity (Wildman–Crippen MR) is 28.3 cm³/mol. The average Bonchev–Trinajstić information content (AvgIpc) is 1.67. The first kappa shape index (κ1) is 12.0. The molecule has 3 nitrogen and oxygen atoms in total. The summed E-state index contributed by atoms with van der Waals surface area (Å²) < 4.78 is 4.41. The van der Waals surface area contributed by atoms with Crippen LogP contribution in [0.3, 0.4) is 0 Å². The van der Waals surface area contributed by atoms with Crippen molar-refractivity contribution >= 4 is 5.97 Å². The van der Waals surface area contributed by atoms with E-state index in [1.54, 1.807) is 6.92 Å². The molecule has 1 N–H and O–H groups in total. The molecule has 0 aliphatic heterocycles. The molecule has 9 heavy (non-hydrogen) atoms. The van der Waals surface area contributed by atoms with Gasteiger partial charge >= 0.3 is 5.97 Å². The van der Waals surface area contributed by atoms with E-state index in [1.807, 2.05) is 0 Å². The Kier molecular flexibility index (Phi) is 8.60. The van der Waals surface area contributed by atoms with Gasteiger partial charge in [0.05, 0.1) is 6.61 Å². The first-order valence-electron chi connectivity index (χ1n) is 2.53. The van der Waals surface area contributed by atoms with Crippen molar-refractivity contribution in [2.45, 2.75) is 20.0 Å². The van der Waals surface area contributed by atoms with Gasteiger partial charge in [0.1, 0.15) is 6.10 Å². The molecule has 1 atom stereocenters. The third kappa shape index (κ3) is 6.20. The van der Waals surface area contributed by atoms with Crippen molar-refractivity contribution in [1.29, 1.82) is 0 Å². The van der Waals surface area contributed by atoms with Gasteiger partial charge in [-0.2, -0.15) is 0 Å². The van der Waals surface area contributed by atoms with Gasteiger partial charge in [-0.25, -0.2) is 4.79 Å². The predicted octanol–water partition coefficient (Wildman–Crippen LogP) is -0.0722. The van der Waals surface area contributed by atoms with Crippen LogP contribution in [-0.2, 0) is 35.7 Å². The summed E-state index contributed by atoms with van der Waals surface area (Å²) in [5.41, 5.74) is 0. The largest absolute Gasteiger partial charge is 0.464 e. The standard InChI is InChI=1S/C5H10O3.Zr/c1-3-8-5(7)4(2)6;/h4,6H,3H2,1-2H3;. The number of hydrogen-bond donors (Lipinski definition) is 1. The Balaban J connectivity index is 0. The van der Waals surface area contributed by atoms with Crippen LogP contribution in [0.2, 0.25) is 0 Å². The van der Waals surface area contributed by atoms with Gasteiger partial charge in [-0.3, -0.25) is 0 Å². The summed E-state index contributed by atoms with van der Waals surface area (Å²) in [4.78, 5) is 10.3. The summed E-state index contributed by atoms with van der Waals surface area (Å²) in [7, 11) is 0. The first-order chi connectivity index (χ1) is 3.68. The molecular formula is C5H10O3Zr. The van der Waals surface area contributed by atoms with E-state index in [0.717, 1.165) is 0 Å². The fraction of sp³-hybridized carbons (Fsp3) is 0.800. The van der Waals surface area contributed by atoms with E-state index >= 15 is 0 Å². The number of carbonyl (C=O) groups excluding carboxylic acids is 1. The van der Waals surface area contributed by atoms with Crippen LogP contribution < -0.4 is 0 Å². The molecule has 0 aliphatic rings. The van der Waals surface area contributed by atoms with E-state index in [4.69, 9.17) is 5.11 Å². The van der Waals surface area contributed by atoms with Crippen molar-refractivity contribution in [3.63, 3.8) is 0 Å². The SMILES string of the molecule is CCOC(=O)C(C)O.[Zr]. The van der Waals surface area contributed by atoms with Crippen LogP contribution >= 0.6 is 0 Å². The van der Waals surface area contributed by atoms with Crippen molar-refractivity contribution in [3.05, 3.63) is 0 Å². The number of aliphatic hydroxyl groups excluding tert-OH is 1. The van der Waals surface area contributed by atoms with E-state index in [9.17, 15) is 4.79 Å². The zero-order chi connectivity index (χ0) is 6.57. The minimum absolute atomic E-state index is 0. The maximum atomic E-state index is 10.3. The van der Waals surface area contributed by atoms with E-state index in [0.29, 0.717) is 6.61 Å². The van der Waals surface area contributed by atoms with Gasteiger partial charge in [-0.15, -0.1) is 0 Å². The number of aliphatic hydroxyl groups is 1. The van der Waals surface area contributed by atoms with Gasteiger partial charge < -0.3 is 9.84 Å². The molecule has 0 saturated heterocycles. The molecule has 0 spiro atoms.